The minimum atomic E-state index is -4.41. The van der Waals surface area contributed by atoms with Gasteiger partial charge >= 0.3 is 12.2 Å². The van der Waals surface area contributed by atoms with Gasteiger partial charge in [-0.2, -0.15) is 13.2 Å². The van der Waals surface area contributed by atoms with Gasteiger partial charge < -0.3 is 20.1 Å². The molecule has 174 valence electrons. The van der Waals surface area contributed by atoms with Gasteiger partial charge in [-0.15, -0.1) is 0 Å². The zero-order chi connectivity index (χ0) is 23.9. The third-order valence-corrected chi connectivity index (χ3v) is 5.05. The molecule has 2 aromatic rings. The van der Waals surface area contributed by atoms with Gasteiger partial charge in [0.25, 0.3) is 0 Å². The molecule has 0 aromatic heterocycles. The highest BCUT2D eigenvalue weighted by molar-refractivity contribution is 7.13. The number of anilines is 1. The number of nitrogens with one attached hydrogen (secondary N) is 1. The molecule has 6 nitrogen and oxygen atoms in total. The number of phenols is 1. The van der Waals surface area contributed by atoms with Crippen LogP contribution in [0.3, 0.4) is 0 Å². The summed E-state index contributed by atoms with van der Waals surface area (Å²) in [4.78, 5) is 24.2. The van der Waals surface area contributed by atoms with Crippen molar-refractivity contribution in [2.24, 2.45) is 0 Å². The number of aryl methyl sites for hydroxylation is 1. The third-order valence-electron chi connectivity index (χ3n) is 4.87. The Balaban J connectivity index is 0.000000278. The van der Waals surface area contributed by atoms with Crippen molar-refractivity contribution in [3.8, 4) is 5.75 Å². The summed E-state index contributed by atoms with van der Waals surface area (Å²) in [5, 5.41) is 11.5. The Hall–Kier alpha value is -2.64. The first-order chi connectivity index (χ1) is 15.0. The number of phenolic OH excluding ortho intramolecular Hbond substituents is 1. The fourth-order valence-electron chi connectivity index (χ4n) is 3.33. The predicted octanol–water partition coefficient (Wildman–Crippen LogP) is 4.82. The lowest BCUT2D eigenvalue weighted by molar-refractivity contribution is -0.138. The number of alkyl halides is 3. The van der Waals surface area contributed by atoms with Crippen LogP contribution in [-0.2, 0) is 17.5 Å². The van der Waals surface area contributed by atoms with E-state index in [0.29, 0.717) is 25.0 Å². The quantitative estimate of drug-likeness (QED) is 0.497. The van der Waals surface area contributed by atoms with Crippen molar-refractivity contribution in [2.75, 3.05) is 18.9 Å². The molecular weight excluding hydrogens is 442 g/mol. The average Bonchev–Trinajstić information content (AvgIpc) is 3.18. The number of carbonyl (C=O) groups excluding carboxylic acids is 2. The summed E-state index contributed by atoms with van der Waals surface area (Å²) in [7, 11) is 4.57. The first-order valence-electron chi connectivity index (χ1n) is 9.95. The maximum absolute atomic E-state index is 12.7. The van der Waals surface area contributed by atoms with Crippen LogP contribution in [0.2, 0.25) is 0 Å². The molecule has 10 heteroatoms. The Kier molecular flexibility index (Phi) is 9.04. The largest absolute Gasteiger partial charge is 0.508 e. The molecule has 2 atom stereocenters. The molecule has 1 aliphatic heterocycles. The van der Waals surface area contributed by atoms with E-state index >= 15 is 0 Å². The van der Waals surface area contributed by atoms with Crippen LogP contribution in [0, 0.1) is 6.92 Å². The maximum Gasteiger partial charge on any atom is 0.416 e. The molecule has 1 fully saturated rings. The number of amides is 2. The van der Waals surface area contributed by atoms with E-state index in [1.54, 1.807) is 12.1 Å². The molecule has 32 heavy (non-hydrogen) atoms. The van der Waals surface area contributed by atoms with E-state index in [-0.39, 0.29) is 11.3 Å². The molecule has 1 heterocycles. The molecule has 0 bridgehead atoms. The van der Waals surface area contributed by atoms with Crippen molar-refractivity contribution in [3.05, 3.63) is 59.2 Å². The van der Waals surface area contributed by atoms with Crippen LogP contribution in [0.5, 0.6) is 5.75 Å². The normalized spacial score (nSPS) is 15.8. The fourth-order valence-corrected chi connectivity index (χ4v) is 3.54. The second-order valence-electron chi connectivity index (χ2n) is 7.58. The Labute approximate surface area is 187 Å². The molecule has 0 aliphatic carbocycles. The number of carbonyl (C=O) groups is 2. The van der Waals surface area contributed by atoms with Crippen LogP contribution in [0.15, 0.2) is 42.5 Å². The summed E-state index contributed by atoms with van der Waals surface area (Å²) in [5.74, 6) is 0.320. The lowest BCUT2D eigenvalue weighted by Gasteiger charge is -2.21. The summed E-state index contributed by atoms with van der Waals surface area (Å²) in [6, 6.07) is 9.71. The lowest BCUT2D eigenvalue weighted by atomic mass is 10.1. The van der Waals surface area contributed by atoms with Gasteiger partial charge in [-0.1, -0.05) is 21.5 Å². The van der Waals surface area contributed by atoms with Crippen molar-refractivity contribution >= 4 is 27.4 Å². The number of rotatable bonds is 4. The van der Waals surface area contributed by atoms with E-state index in [1.807, 2.05) is 23.9 Å². The highest BCUT2D eigenvalue weighted by atomic mass is 31.0. The summed E-state index contributed by atoms with van der Waals surface area (Å²) in [6.45, 7) is 2.68. The summed E-state index contributed by atoms with van der Waals surface area (Å²) in [5.41, 5.74) is 0.781. The van der Waals surface area contributed by atoms with E-state index in [9.17, 15) is 22.8 Å². The molecule has 1 unspecified atom stereocenters. The zero-order valence-electron chi connectivity index (χ0n) is 17.9. The van der Waals surface area contributed by atoms with Gasteiger partial charge in [0.15, 0.2) is 0 Å². The smallest absolute Gasteiger partial charge is 0.416 e. The molecule has 2 N–H and O–H groups in total. The molecule has 3 rings (SSSR count). The number of nitrogens with zero attached hydrogens (tertiary/aromatic N) is 2. The van der Waals surface area contributed by atoms with Crippen LogP contribution in [0.4, 0.5) is 23.7 Å². The Morgan fingerprint density at radius 3 is 2.47 bits per heavy atom. The van der Waals surface area contributed by atoms with Crippen LogP contribution in [-0.4, -0.2) is 46.6 Å². The average molecular weight is 469 g/mol. The van der Waals surface area contributed by atoms with Gasteiger partial charge in [-0.3, -0.25) is 4.67 Å². The van der Waals surface area contributed by atoms with Crippen molar-refractivity contribution in [1.82, 2.24) is 9.57 Å². The van der Waals surface area contributed by atoms with Crippen molar-refractivity contribution < 1.29 is 27.9 Å². The van der Waals surface area contributed by atoms with Gasteiger partial charge in [0.2, 0.25) is 0 Å². The number of aromatic hydroxyl groups is 1. The van der Waals surface area contributed by atoms with Gasteiger partial charge in [-0.05, 0) is 68.3 Å². The van der Waals surface area contributed by atoms with Gasteiger partial charge in [0.1, 0.15) is 12.0 Å². The minimum Gasteiger partial charge on any atom is -0.508 e. The second-order valence-corrected chi connectivity index (χ2v) is 8.46. The number of aldehydes is 1. The topological polar surface area (TPSA) is 72.9 Å². The highest BCUT2D eigenvalue weighted by Crippen LogP contribution is 2.33. The van der Waals surface area contributed by atoms with Crippen LogP contribution in [0.1, 0.15) is 29.5 Å². The lowest BCUT2D eigenvalue weighted by Crippen LogP contribution is -2.39. The number of halogens is 3. The van der Waals surface area contributed by atoms with Crippen LogP contribution < -0.4 is 5.32 Å². The van der Waals surface area contributed by atoms with Crippen molar-refractivity contribution in [3.63, 3.8) is 0 Å². The SMILES string of the molecule is CN(P)Cc1ccc(O)cc1.Cc1cc(NC(=O)N2CCC[C@@H]2C=O)ccc1C(F)(F)F. The molecule has 2 aromatic carbocycles. The third kappa shape index (κ3) is 7.50. The number of likely N-dealkylation sites (tertiary alicyclic amines) is 1. The van der Waals surface area contributed by atoms with E-state index in [0.717, 1.165) is 19.0 Å². The predicted molar refractivity (Wildman–Crippen MR) is 120 cm³/mol. The highest BCUT2D eigenvalue weighted by Gasteiger charge is 2.32. The zero-order valence-corrected chi connectivity index (χ0v) is 19.0. The van der Waals surface area contributed by atoms with E-state index in [4.69, 9.17) is 5.11 Å². The first-order valence-corrected chi connectivity index (χ1v) is 10.5. The van der Waals surface area contributed by atoms with E-state index in [2.05, 4.69) is 14.7 Å². The molecule has 1 aliphatic rings. The molecule has 0 radical (unpaired) electrons. The standard InChI is InChI=1S/C14H15F3N2O2.C8H12NOP/c1-9-7-10(4-5-12(9)14(15,16)17)18-13(21)19-6-2-3-11(19)8-20;1-9(11)6-7-2-4-8(10)5-3-7/h4-5,7-8,11H,2-3,6H2,1H3,(H,18,21);2-5,10H,6,11H2,1H3/t11-;/m1./s1. The second kappa shape index (κ2) is 11.3. The molecule has 0 spiro atoms. The van der Waals surface area contributed by atoms with Crippen molar-refractivity contribution in [1.29, 1.82) is 0 Å². The minimum absolute atomic E-state index is 0.0358. The Bertz CT molecular complexity index is 921. The van der Waals surface area contributed by atoms with E-state index < -0.39 is 23.8 Å². The first kappa shape index (κ1) is 25.6. The number of benzene rings is 2. The Morgan fingerprint density at radius 2 is 1.94 bits per heavy atom. The monoisotopic (exact) mass is 469 g/mol. The van der Waals surface area contributed by atoms with Crippen LogP contribution >= 0.6 is 9.39 Å². The summed E-state index contributed by atoms with van der Waals surface area (Å²) >= 11 is 0. The fraction of sp³-hybridized carbons (Fsp3) is 0.364. The molecule has 0 saturated carbocycles. The van der Waals surface area contributed by atoms with Gasteiger partial charge in [-0.25, -0.2) is 4.79 Å². The molecular formula is C22H27F3N3O3P. The van der Waals surface area contributed by atoms with Gasteiger partial charge in [0, 0.05) is 18.8 Å². The molecule has 1 saturated heterocycles. The summed E-state index contributed by atoms with van der Waals surface area (Å²) in [6.07, 6.45) is -2.35. The van der Waals surface area contributed by atoms with Crippen molar-refractivity contribution in [2.45, 2.75) is 38.5 Å². The summed E-state index contributed by atoms with van der Waals surface area (Å²) < 4.78 is 40.0. The van der Waals surface area contributed by atoms with Gasteiger partial charge in [0.05, 0.1) is 11.6 Å². The Morgan fingerprint density at radius 1 is 1.28 bits per heavy atom. The molecule has 2 amide bonds. The van der Waals surface area contributed by atoms with E-state index in [1.165, 1.54) is 29.5 Å². The number of urea groups is 1. The number of hydrogen-bond acceptors (Lipinski definition) is 4. The van der Waals surface area contributed by atoms with Crippen LogP contribution in [0.25, 0.3) is 0 Å². The maximum atomic E-state index is 12.7. The number of hydrogen-bond donors (Lipinski definition) is 2.